The predicted octanol–water partition coefficient (Wildman–Crippen LogP) is 5.81. The van der Waals surface area contributed by atoms with Gasteiger partial charge in [-0.1, -0.05) is 41.9 Å². The minimum atomic E-state index is -0.460. The number of amides is 1. The lowest BCUT2D eigenvalue weighted by Gasteiger charge is -2.37. The number of halogens is 2. The lowest BCUT2D eigenvalue weighted by atomic mass is 10.0. The minimum Gasteiger partial charge on any atom is -0.366 e. The van der Waals surface area contributed by atoms with E-state index in [1.165, 1.54) is 23.9 Å². The maximum atomic E-state index is 13.7. The van der Waals surface area contributed by atoms with Gasteiger partial charge >= 0.3 is 0 Å². The zero-order valence-corrected chi connectivity index (χ0v) is 20.9. The van der Waals surface area contributed by atoms with E-state index in [9.17, 15) is 14.0 Å². The Morgan fingerprint density at radius 3 is 2.62 bits per heavy atom. The van der Waals surface area contributed by atoms with Gasteiger partial charge in [0.15, 0.2) is 5.78 Å². The monoisotopic (exact) mass is 516 g/mol. The molecule has 1 amide bonds. The number of hydrogen-bond donors (Lipinski definition) is 1. The van der Waals surface area contributed by atoms with Crippen LogP contribution in [-0.4, -0.2) is 47.0 Å². The number of aromatic nitrogens is 1. The van der Waals surface area contributed by atoms with Crippen LogP contribution < -0.4 is 10.2 Å². The molecular formula is C29H26ClFN4O2. The second-order valence-corrected chi connectivity index (χ2v) is 10.0. The summed E-state index contributed by atoms with van der Waals surface area (Å²) >= 11 is 6.26. The van der Waals surface area contributed by atoms with Crippen molar-refractivity contribution in [3.8, 4) is 0 Å². The fraction of sp³-hybridized carbons (Fsp3) is 0.241. The molecule has 1 saturated heterocycles. The van der Waals surface area contributed by atoms with E-state index in [0.29, 0.717) is 35.2 Å². The molecule has 3 aromatic carbocycles. The van der Waals surface area contributed by atoms with E-state index in [4.69, 9.17) is 11.6 Å². The average Bonchev–Trinajstić information content (AvgIpc) is 3.50. The Morgan fingerprint density at radius 1 is 1.00 bits per heavy atom. The van der Waals surface area contributed by atoms with E-state index in [2.05, 4.69) is 28.4 Å². The third-order valence-electron chi connectivity index (χ3n) is 7.38. The van der Waals surface area contributed by atoms with Gasteiger partial charge in [-0.3, -0.25) is 9.59 Å². The van der Waals surface area contributed by atoms with Crippen LogP contribution in [0.25, 0.3) is 10.9 Å². The molecule has 6 nitrogen and oxygen atoms in total. The standard InChI is InChI=1S/C29H26ClFN4O2/c30-20-8-9-23-24(16-34(27(23)15-20)17-28(36)19-4-3-5-21(31)14-19)29(37)33-12-10-22(11-13-33)35-18-32-25-6-1-2-7-26(25)35/h1-9,14-16,22,32H,10-13,17-18H2. The predicted molar refractivity (Wildman–Crippen MR) is 144 cm³/mol. The Bertz CT molecular complexity index is 1510. The maximum absolute atomic E-state index is 13.7. The average molecular weight is 517 g/mol. The van der Waals surface area contributed by atoms with Crippen LogP contribution in [0.2, 0.25) is 5.02 Å². The molecule has 3 heterocycles. The molecule has 188 valence electrons. The van der Waals surface area contributed by atoms with Gasteiger partial charge in [-0.15, -0.1) is 0 Å². The summed E-state index contributed by atoms with van der Waals surface area (Å²) in [5.74, 6) is -0.753. The highest BCUT2D eigenvalue weighted by Gasteiger charge is 2.31. The first-order valence-electron chi connectivity index (χ1n) is 12.4. The van der Waals surface area contributed by atoms with Gasteiger partial charge in [-0.2, -0.15) is 0 Å². The number of Topliss-reactive ketones (excluding diaryl/α,β-unsaturated/α-hetero) is 1. The molecule has 6 rings (SSSR count). The lowest BCUT2D eigenvalue weighted by molar-refractivity contribution is 0.0714. The Labute approximate surface area is 219 Å². The van der Waals surface area contributed by atoms with Gasteiger partial charge in [0.25, 0.3) is 5.91 Å². The van der Waals surface area contributed by atoms with Crippen molar-refractivity contribution in [1.29, 1.82) is 0 Å². The summed E-state index contributed by atoms with van der Waals surface area (Å²) < 4.78 is 15.4. The van der Waals surface area contributed by atoms with Crippen LogP contribution in [0.1, 0.15) is 33.6 Å². The van der Waals surface area contributed by atoms with Gasteiger partial charge in [-0.05, 0) is 49.2 Å². The first kappa shape index (κ1) is 23.6. The molecule has 8 heteroatoms. The normalized spacial score (nSPS) is 15.6. The second-order valence-electron chi connectivity index (χ2n) is 9.61. The first-order chi connectivity index (χ1) is 18.0. The van der Waals surface area contributed by atoms with Crippen molar-refractivity contribution in [2.24, 2.45) is 0 Å². The number of benzene rings is 3. The number of carbonyl (C=O) groups excluding carboxylic acids is 2. The van der Waals surface area contributed by atoms with Crippen molar-refractivity contribution in [2.45, 2.75) is 25.4 Å². The second kappa shape index (κ2) is 9.56. The van der Waals surface area contributed by atoms with Gasteiger partial charge < -0.3 is 19.7 Å². The summed E-state index contributed by atoms with van der Waals surface area (Å²) in [5.41, 5.74) is 3.91. The third kappa shape index (κ3) is 4.44. The number of likely N-dealkylation sites (tertiary alicyclic amines) is 1. The van der Waals surface area contributed by atoms with Crippen LogP contribution in [-0.2, 0) is 6.54 Å². The van der Waals surface area contributed by atoms with Crippen molar-refractivity contribution in [2.75, 3.05) is 30.0 Å². The molecule has 0 bridgehead atoms. The topological polar surface area (TPSA) is 57.6 Å². The molecule has 1 aromatic heterocycles. The highest BCUT2D eigenvalue weighted by molar-refractivity contribution is 6.31. The Kier molecular flexibility index (Phi) is 6.08. The molecule has 0 saturated carbocycles. The molecule has 2 aliphatic rings. The number of carbonyl (C=O) groups is 2. The number of ketones is 1. The van der Waals surface area contributed by atoms with Crippen LogP contribution >= 0.6 is 11.6 Å². The highest BCUT2D eigenvalue weighted by Crippen LogP contribution is 2.35. The van der Waals surface area contributed by atoms with E-state index in [-0.39, 0.29) is 23.8 Å². The van der Waals surface area contributed by atoms with Crippen molar-refractivity contribution < 1.29 is 14.0 Å². The summed E-state index contributed by atoms with van der Waals surface area (Å²) in [4.78, 5) is 30.8. The van der Waals surface area contributed by atoms with Gasteiger partial charge in [0.2, 0.25) is 0 Å². The third-order valence-corrected chi connectivity index (χ3v) is 7.62. The Morgan fingerprint density at radius 2 is 1.81 bits per heavy atom. The first-order valence-corrected chi connectivity index (χ1v) is 12.8. The van der Waals surface area contributed by atoms with Crippen LogP contribution in [0.15, 0.2) is 72.9 Å². The number of anilines is 2. The summed E-state index contributed by atoms with van der Waals surface area (Å²) in [6.45, 7) is 2.08. The maximum Gasteiger partial charge on any atom is 0.256 e. The molecule has 0 atom stereocenters. The molecule has 0 radical (unpaired) electrons. The Hall–Kier alpha value is -3.84. The fourth-order valence-electron chi connectivity index (χ4n) is 5.48. The van der Waals surface area contributed by atoms with Crippen molar-refractivity contribution in [1.82, 2.24) is 9.47 Å². The molecule has 0 spiro atoms. The number of rotatable bonds is 5. The van der Waals surface area contributed by atoms with E-state index >= 15 is 0 Å². The van der Waals surface area contributed by atoms with Crippen molar-refractivity contribution >= 4 is 45.6 Å². The van der Waals surface area contributed by atoms with E-state index in [0.717, 1.165) is 30.6 Å². The summed E-state index contributed by atoms with van der Waals surface area (Å²) in [6, 6.07) is 19.7. The van der Waals surface area contributed by atoms with Crippen LogP contribution in [0.3, 0.4) is 0 Å². The molecule has 0 unspecified atom stereocenters. The largest absolute Gasteiger partial charge is 0.366 e. The van der Waals surface area contributed by atoms with E-state index < -0.39 is 5.82 Å². The number of para-hydroxylation sites is 2. The number of fused-ring (bicyclic) bond motifs is 2. The van der Waals surface area contributed by atoms with Crippen molar-refractivity contribution in [3.63, 3.8) is 0 Å². The number of nitrogens with zero attached hydrogens (tertiary/aromatic N) is 3. The fourth-order valence-corrected chi connectivity index (χ4v) is 5.65. The van der Waals surface area contributed by atoms with Crippen LogP contribution in [0.4, 0.5) is 15.8 Å². The summed E-state index contributed by atoms with van der Waals surface area (Å²) in [6.07, 6.45) is 3.49. The number of nitrogens with one attached hydrogen (secondary N) is 1. The van der Waals surface area contributed by atoms with Crippen molar-refractivity contribution in [3.05, 3.63) is 94.9 Å². The smallest absolute Gasteiger partial charge is 0.256 e. The Balaban J connectivity index is 1.21. The molecule has 1 N–H and O–H groups in total. The summed E-state index contributed by atoms with van der Waals surface area (Å²) in [7, 11) is 0. The summed E-state index contributed by atoms with van der Waals surface area (Å²) in [5, 5.41) is 4.72. The molecule has 2 aliphatic heterocycles. The van der Waals surface area contributed by atoms with E-state index in [1.807, 2.05) is 17.0 Å². The zero-order chi connectivity index (χ0) is 25.5. The van der Waals surface area contributed by atoms with Gasteiger partial charge in [-0.25, -0.2) is 4.39 Å². The SMILES string of the molecule is O=C(Cn1cc(C(=O)N2CCC(N3CNc4ccccc43)CC2)c2ccc(Cl)cc21)c1cccc(F)c1. The molecule has 0 aliphatic carbocycles. The van der Waals surface area contributed by atoms with Crippen LogP contribution in [0, 0.1) is 5.82 Å². The molecule has 1 fully saturated rings. The van der Waals surface area contributed by atoms with Gasteiger partial charge in [0, 0.05) is 41.3 Å². The van der Waals surface area contributed by atoms with E-state index in [1.54, 1.807) is 29.0 Å². The lowest BCUT2D eigenvalue weighted by Crippen LogP contribution is -2.46. The van der Waals surface area contributed by atoms with Crippen LogP contribution in [0.5, 0.6) is 0 Å². The van der Waals surface area contributed by atoms with Gasteiger partial charge in [0.05, 0.1) is 35.7 Å². The minimum absolute atomic E-state index is 0.0168. The van der Waals surface area contributed by atoms with Gasteiger partial charge in [0.1, 0.15) is 5.82 Å². The zero-order valence-electron chi connectivity index (χ0n) is 20.2. The quantitative estimate of drug-likeness (QED) is 0.340. The molecule has 37 heavy (non-hydrogen) atoms. The number of hydrogen-bond acceptors (Lipinski definition) is 4. The number of piperidine rings is 1. The highest BCUT2D eigenvalue weighted by atomic mass is 35.5. The molecular weight excluding hydrogens is 491 g/mol. The molecule has 4 aromatic rings.